The molecule has 1 heterocycles. The van der Waals surface area contributed by atoms with E-state index in [4.69, 9.17) is 0 Å². The number of anilines is 1. The summed E-state index contributed by atoms with van der Waals surface area (Å²) in [7, 11) is 0. The van der Waals surface area contributed by atoms with Gasteiger partial charge in [0.2, 0.25) is 0 Å². The predicted octanol–water partition coefficient (Wildman–Crippen LogP) is 2.65. The van der Waals surface area contributed by atoms with Gasteiger partial charge >= 0.3 is 12.0 Å². The van der Waals surface area contributed by atoms with Crippen LogP contribution in [0.2, 0.25) is 0 Å². The SMILES string of the molecule is CC(C)C(NC(=O)N1CCCCc2ccccc21)C(=O)O. The molecule has 0 spiro atoms. The van der Waals surface area contributed by atoms with Gasteiger partial charge in [-0.1, -0.05) is 32.0 Å². The van der Waals surface area contributed by atoms with Crippen molar-refractivity contribution in [3.05, 3.63) is 29.8 Å². The minimum atomic E-state index is -0.999. The molecule has 0 aromatic heterocycles. The van der Waals surface area contributed by atoms with Crippen LogP contribution in [-0.2, 0) is 11.2 Å². The Kier molecular flexibility index (Phi) is 4.83. The number of para-hydroxylation sites is 1. The number of hydrogen-bond acceptors (Lipinski definition) is 2. The monoisotopic (exact) mass is 290 g/mol. The summed E-state index contributed by atoms with van der Waals surface area (Å²) in [5.41, 5.74) is 2.03. The number of amides is 2. The number of benzene rings is 1. The molecule has 5 nitrogen and oxygen atoms in total. The number of nitrogens with zero attached hydrogens (tertiary/aromatic N) is 1. The molecule has 114 valence electrons. The molecule has 0 bridgehead atoms. The average Bonchev–Trinajstić information content (AvgIpc) is 2.66. The lowest BCUT2D eigenvalue weighted by molar-refractivity contribution is -0.140. The van der Waals surface area contributed by atoms with Gasteiger partial charge in [0.25, 0.3) is 0 Å². The molecule has 21 heavy (non-hydrogen) atoms. The van der Waals surface area contributed by atoms with Gasteiger partial charge in [-0.2, -0.15) is 0 Å². The Balaban J connectivity index is 2.20. The van der Waals surface area contributed by atoms with Crippen molar-refractivity contribution in [1.29, 1.82) is 0 Å². The Bertz CT molecular complexity index is 528. The summed E-state index contributed by atoms with van der Waals surface area (Å²) in [4.78, 5) is 25.4. The third-order valence-electron chi connectivity index (χ3n) is 3.82. The second-order valence-corrected chi connectivity index (χ2v) is 5.75. The zero-order valence-corrected chi connectivity index (χ0v) is 12.5. The van der Waals surface area contributed by atoms with Crippen LogP contribution in [0.1, 0.15) is 32.3 Å². The Hall–Kier alpha value is -2.04. The van der Waals surface area contributed by atoms with Crippen LogP contribution < -0.4 is 10.2 Å². The normalized spacial score (nSPS) is 16.0. The molecule has 0 aliphatic carbocycles. The minimum Gasteiger partial charge on any atom is -0.480 e. The van der Waals surface area contributed by atoms with Gasteiger partial charge < -0.3 is 10.4 Å². The number of fused-ring (bicyclic) bond motifs is 1. The minimum absolute atomic E-state index is 0.159. The van der Waals surface area contributed by atoms with E-state index >= 15 is 0 Å². The highest BCUT2D eigenvalue weighted by molar-refractivity contribution is 5.95. The molecule has 0 saturated carbocycles. The van der Waals surface area contributed by atoms with E-state index in [1.807, 2.05) is 24.3 Å². The summed E-state index contributed by atoms with van der Waals surface area (Å²) in [6, 6.07) is 6.62. The molecule has 2 amide bonds. The van der Waals surface area contributed by atoms with E-state index in [9.17, 15) is 14.7 Å². The van der Waals surface area contributed by atoms with Crippen LogP contribution in [0.3, 0.4) is 0 Å². The fourth-order valence-corrected chi connectivity index (χ4v) is 2.63. The van der Waals surface area contributed by atoms with Gasteiger partial charge in [0.1, 0.15) is 6.04 Å². The van der Waals surface area contributed by atoms with Crippen LogP contribution in [0.15, 0.2) is 24.3 Å². The van der Waals surface area contributed by atoms with Crippen molar-refractivity contribution in [3.63, 3.8) is 0 Å². The van der Waals surface area contributed by atoms with Crippen LogP contribution in [0.4, 0.5) is 10.5 Å². The first-order chi connectivity index (χ1) is 10.0. The van der Waals surface area contributed by atoms with Gasteiger partial charge in [-0.15, -0.1) is 0 Å². The zero-order chi connectivity index (χ0) is 15.4. The smallest absolute Gasteiger partial charge is 0.326 e. The Morgan fingerprint density at radius 3 is 2.62 bits per heavy atom. The summed E-state index contributed by atoms with van der Waals surface area (Å²) in [5, 5.41) is 11.9. The maximum absolute atomic E-state index is 12.5. The van der Waals surface area contributed by atoms with Crippen molar-refractivity contribution < 1.29 is 14.7 Å². The Morgan fingerprint density at radius 2 is 1.95 bits per heavy atom. The highest BCUT2D eigenvalue weighted by Gasteiger charge is 2.27. The third kappa shape index (κ3) is 3.54. The van der Waals surface area contributed by atoms with E-state index in [0.29, 0.717) is 6.54 Å². The molecule has 1 aliphatic heterocycles. The molecule has 0 fully saturated rings. The zero-order valence-electron chi connectivity index (χ0n) is 12.5. The molecule has 1 aromatic carbocycles. The second-order valence-electron chi connectivity index (χ2n) is 5.75. The standard InChI is InChI=1S/C16H22N2O3/c1-11(2)14(15(19)20)17-16(21)18-10-6-5-8-12-7-3-4-9-13(12)18/h3-4,7,9,11,14H,5-6,8,10H2,1-2H3,(H,17,21)(H,19,20). The molecule has 1 aliphatic rings. The molecule has 1 atom stereocenters. The number of rotatable bonds is 3. The largest absolute Gasteiger partial charge is 0.480 e. The van der Waals surface area contributed by atoms with E-state index in [1.165, 1.54) is 0 Å². The number of urea groups is 1. The molecule has 1 unspecified atom stereocenters. The van der Waals surface area contributed by atoms with E-state index in [-0.39, 0.29) is 11.9 Å². The number of carboxylic acid groups (broad SMARTS) is 1. The number of carbonyl (C=O) groups is 2. The fourth-order valence-electron chi connectivity index (χ4n) is 2.63. The Labute approximate surface area is 125 Å². The van der Waals surface area contributed by atoms with Gasteiger partial charge in [0, 0.05) is 12.2 Å². The lowest BCUT2D eigenvalue weighted by Gasteiger charge is -2.26. The van der Waals surface area contributed by atoms with Crippen LogP contribution in [0, 0.1) is 5.92 Å². The van der Waals surface area contributed by atoms with Crippen molar-refractivity contribution >= 4 is 17.7 Å². The molecule has 5 heteroatoms. The van der Waals surface area contributed by atoms with Crippen molar-refractivity contribution in [2.75, 3.05) is 11.4 Å². The fraction of sp³-hybridized carbons (Fsp3) is 0.500. The van der Waals surface area contributed by atoms with Crippen LogP contribution in [0.5, 0.6) is 0 Å². The summed E-state index contributed by atoms with van der Waals surface area (Å²) in [5.74, 6) is -1.16. The molecule has 0 radical (unpaired) electrons. The van der Waals surface area contributed by atoms with Gasteiger partial charge in [0.15, 0.2) is 0 Å². The topological polar surface area (TPSA) is 69.6 Å². The average molecular weight is 290 g/mol. The number of aryl methyl sites for hydroxylation is 1. The van der Waals surface area contributed by atoms with Gasteiger partial charge in [-0.25, -0.2) is 9.59 Å². The van der Waals surface area contributed by atoms with Gasteiger partial charge in [-0.05, 0) is 36.8 Å². The van der Waals surface area contributed by atoms with E-state index in [2.05, 4.69) is 5.32 Å². The first kappa shape index (κ1) is 15.4. The molecule has 2 rings (SSSR count). The summed E-state index contributed by atoms with van der Waals surface area (Å²) in [6.07, 6.45) is 2.90. The molecule has 0 saturated heterocycles. The summed E-state index contributed by atoms with van der Waals surface area (Å²) in [6.45, 7) is 4.19. The maximum atomic E-state index is 12.5. The maximum Gasteiger partial charge on any atom is 0.326 e. The van der Waals surface area contributed by atoms with E-state index in [1.54, 1.807) is 18.7 Å². The van der Waals surface area contributed by atoms with E-state index < -0.39 is 12.0 Å². The van der Waals surface area contributed by atoms with Crippen molar-refractivity contribution in [3.8, 4) is 0 Å². The molecular weight excluding hydrogens is 268 g/mol. The lowest BCUT2D eigenvalue weighted by Crippen LogP contribution is -2.50. The predicted molar refractivity (Wildman–Crippen MR) is 81.5 cm³/mol. The summed E-state index contributed by atoms with van der Waals surface area (Å²) < 4.78 is 0. The van der Waals surface area contributed by atoms with Crippen molar-refractivity contribution in [2.24, 2.45) is 5.92 Å². The highest BCUT2D eigenvalue weighted by Crippen LogP contribution is 2.26. The van der Waals surface area contributed by atoms with Gasteiger partial charge in [0.05, 0.1) is 0 Å². The number of carboxylic acids is 1. The summed E-state index contributed by atoms with van der Waals surface area (Å²) >= 11 is 0. The number of carbonyl (C=O) groups excluding carboxylic acids is 1. The number of hydrogen-bond donors (Lipinski definition) is 2. The Morgan fingerprint density at radius 1 is 1.24 bits per heavy atom. The lowest BCUT2D eigenvalue weighted by atomic mass is 10.1. The molecule has 1 aromatic rings. The molecule has 2 N–H and O–H groups in total. The molecular formula is C16H22N2O3. The van der Waals surface area contributed by atoms with Crippen LogP contribution in [0.25, 0.3) is 0 Å². The first-order valence-corrected chi connectivity index (χ1v) is 7.39. The van der Waals surface area contributed by atoms with Crippen molar-refractivity contribution in [2.45, 2.75) is 39.2 Å². The second kappa shape index (κ2) is 6.61. The van der Waals surface area contributed by atoms with E-state index in [0.717, 1.165) is 30.5 Å². The quantitative estimate of drug-likeness (QED) is 0.899. The number of aliphatic carboxylic acids is 1. The van der Waals surface area contributed by atoms with Crippen LogP contribution >= 0.6 is 0 Å². The third-order valence-corrected chi connectivity index (χ3v) is 3.82. The van der Waals surface area contributed by atoms with Gasteiger partial charge in [-0.3, -0.25) is 4.90 Å². The van der Waals surface area contributed by atoms with Crippen molar-refractivity contribution in [1.82, 2.24) is 5.32 Å². The highest BCUT2D eigenvalue weighted by atomic mass is 16.4. The number of nitrogens with one attached hydrogen (secondary N) is 1. The van der Waals surface area contributed by atoms with Crippen LogP contribution in [-0.4, -0.2) is 29.7 Å². The first-order valence-electron chi connectivity index (χ1n) is 7.39.